The highest BCUT2D eigenvalue weighted by Crippen LogP contribution is 2.37. The molecule has 1 aromatic heterocycles. The number of halogens is 3. The molecule has 0 spiro atoms. The Labute approximate surface area is 168 Å². The maximum Gasteiger partial charge on any atom is 0.534 e. The number of hydrogen-bond donors (Lipinski definition) is 1. The van der Waals surface area contributed by atoms with Crippen LogP contribution >= 0.6 is 0 Å². The molecule has 0 radical (unpaired) electrons. The van der Waals surface area contributed by atoms with Crippen LogP contribution in [0.4, 0.5) is 13.2 Å². The Balaban J connectivity index is 2.33. The number of benzene rings is 1. The van der Waals surface area contributed by atoms with Crippen molar-refractivity contribution >= 4 is 29.3 Å². The summed E-state index contributed by atoms with van der Waals surface area (Å²) >= 11 is 0. The molecule has 0 aliphatic rings. The number of nitrogens with zero attached hydrogens (tertiary/aromatic N) is 1. The van der Waals surface area contributed by atoms with E-state index < -0.39 is 36.1 Å². The van der Waals surface area contributed by atoms with E-state index in [9.17, 15) is 26.7 Å². The Morgan fingerprint density at radius 3 is 2.31 bits per heavy atom. The number of aromatic nitrogens is 1. The topological polar surface area (TPSA) is 85.7 Å². The van der Waals surface area contributed by atoms with Crippen molar-refractivity contribution in [3.8, 4) is 5.88 Å². The molecule has 1 aromatic carbocycles. The third-order valence-electron chi connectivity index (χ3n) is 4.89. The monoisotopic (exact) mass is 451 g/mol. The van der Waals surface area contributed by atoms with Crippen LogP contribution in [0.1, 0.15) is 26.3 Å². The Kier molecular flexibility index (Phi) is 6.39. The van der Waals surface area contributed by atoms with Crippen molar-refractivity contribution < 1.29 is 35.3 Å². The molecule has 0 amide bonds. The molecular weight excluding hydrogens is 427 g/mol. The smallest absolute Gasteiger partial charge is 0.392 e. The number of fused-ring (bicyclic) bond motifs is 1. The van der Waals surface area contributed by atoms with Crippen LogP contribution < -0.4 is 4.18 Å². The zero-order valence-electron chi connectivity index (χ0n) is 16.7. The summed E-state index contributed by atoms with van der Waals surface area (Å²) in [6.45, 7) is 10.0. The summed E-state index contributed by atoms with van der Waals surface area (Å²) in [5.74, 6) is -0.706. The molecule has 0 fully saturated rings. The fraction of sp³-hybridized carbons (Fsp3) is 0.500. The molecule has 0 saturated carbocycles. The van der Waals surface area contributed by atoms with Crippen molar-refractivity contribution in [2.24, 2.45) is 0 Å². The molecule has 0 aliphatic heterocycles. The molecule has 2 aromatic rings. The number of aliphatic hydroxyl groups excluding tert-OH is 1. The number of hydrogen-bond acceptors (Lipinski definition) is 6. The van der Waals surface area contributed by atoms with Crippen LogP contribution in [0.25, 0.3) is 10.9 Å². The van der Waals surface area contributed by atoms with Gasteiger partial charge in [0, 0.05) is 17.9 Å². The zero-order chi connectivity index (χ0) is 22.3. The first-order valence-electron chi connectivity index (χ1n) is 8.79. The van der Waals surface area contributed by atoms with Crippen molar-refractivity contribution in [3.63, 3.8) is 0 Å². The number of alkyl halides is 3. The third-order valence-corrected chi connectivity index (χ3v) is 10.3. The molecule has 6 nitrogen and oxygen atoms in total. The predicted molar refractivity (Wildman–Crippen MR) is 105 cm³/mol. The van der Waals surface area contributed by atoms with Crippen LogP contribution in [0.3, 0.4) is 0 Å². The van der Waals surface area contributed by atoms with E-state index in [0.717, 1.165) is 6.07 Å². The van der Waals surface area contributed by atoms with Crippen LogP contribution in [0.5, 0.6) is 5.88 Å². The number of pyridine rings is 1. The Hall–Kier alpha value is -1.69. The first-order chi connectivity index (χ1) is 13.0. The van der Waals surface area contributed by atoms with Gasteiger partial charge in [-0.3, -0.25) is 0 Å². The number of para-hydroxylation sites is 1. The van der Waals surface area contributed by atoms with Gasteiger partial charge in [-0.2, -0.15) is 21.6 Å². The molecular formula is C18H24F3NO5SSi. The summed E-state index contributed by atoms with van der Waals surface area (Å²) in [6.07, 6.45) is -1.11. The Morgan fingerprint density at radius 1 is 1.14 bits per heavy atom. The van der Waals surface area contributed by atoms with Gasteiger partial charge in [-0.15, -0.1) is 0 Å². The van der Waals surface area contributed by atoms with Crippen LogP contribution in [-0.4, -0.2) is 38.6 Å². The molecule has 2 rings (SSSR count). The number of rotatable bonds is 6. The molecule has 0 bridgehead atoms. The molecule has 1 unspecified atom stereocenters. The molecule has 1 atom stereocenters. The van der Waals surface area contributed by atoms with E-state index in [-0.39, 0.29) is 17.0 Å². The first-order valence-corrected chi connectivity index (χ1v) is 13.1. The van der Waals surface area contributed by atoms with Crippen LogP contribution in [0.15, 0.2) is 30.3 Å². The van der Waals surface area contributed by atoms with Crippen molar-refractivity contribution in [1.29, 1.82) is 0 Å². The predicted octanol–water partition coefficient (Wildman–Crippen LogP) is 4.35. The quantitative estimate of drug-likeness (QED) is 0.304. The van der Waals surface area contributed by atoms with Gasteiger partial charge < -0.3 is 13.7 Å². The van der Waals surface area contributed by atoms with Crippen LogP contribution in [0.2, 0.25) is 18.1 Å². The van der Waals surface area contributed by atoms with E-state index in [0.29, 0.717) is 10.9 Å². The molecule has 0 saturated heterocycles. The van der Waals surface area contributed by atoms with E-state index in [1.165, 1.54) is 6.07 Å². The largest absolute Gasteiger partial charge is 0.534 e. The minimum atomic E-state index is -5.83. The molecule has 1 N–H and O–H groups in total. The van der Waals surface area contributed by atoms with Crippen molar-refractivity contribution in [3.05, 3.63) is 35.9 Å². The van der Waals surface area contributed by atoms with Gasteiger partial charge in [0.2, 0.25) is 5.88 Å². The second kappa shape index (κ2) is 7.86. The van der Waals surface area contributed by atoms with Gasteiger partial charge in [-0.05, 0) is 29.8 Å². The average molecular weight is 452 g/mol. The maximum absolute atomic E-state index is 12.6. The van der Waals surface area contributed by atoms with Crippen molar-refractivity contribution in [2.45, 2.75) is 57.1 Å². The average Bonchev–Trinajstić information content (AvgIpc) is 2.52. The summed E-state index contributed by atoms with van der Waals surface area (Å²) in [6, 6.07) is 7.43. The second-order valence-corrected chi connectivity index (χ2v) is 14.5. The Morgan fingerprint density at radius 2 is 1.76 bits per heavy atom. The lowest BCUT2D eigenvalue weighted by molar-refractivity contribution is -0.0501. The molecule has 162 valence electrons. The van der Waals surface area contributed by atoms with Gasteiger partial charge in [0.05, 0.1) is 5.52 Å². The first kappa shape index (κ1) is 23.6. The van der Waals surface area contributed by atoms with Gasteiger partial charge in [-0.25, -0.2) is 4.98 Å². The van der Waals surface area contributed by atoms with Gasteiger partial charge >= 0.3 is 15.6 Å². The SMILES string of the molecule is CC(C)(C)[Si](C)(C)OC(O)Cc1cccc2ccc(OS(=O)(=O)C(F)(F)F)nc12. The van der Waals surface area contributed by atoms with E-state index >= 15 is 0 Å². The fourth-order valence-electron chi connectivity index (χ4n) is 2.31. The lowest BCUT2D eigenvalue weighted by Gasteiger charge is -2.37. The van der Waals surface area contributed by atoms with E-state index in [1.54, 1.807) is 18.2 Å². The highest BCUT2D eigenvalue weighted by atomic mass is 32.2. The standard InChI is InChI=1S/C18H24F3NO5SSi/c1-17(2,3)29(4,5)27-15(23)11-13-8-6-7-12-9-10-14(22-16(12)13)26-28(24,25)18(19,20)21/h6-10,15,23H,11H2,1-5H3. The van der Waals surface area contributed by atoms with E-state index in [1.807, 2.05) is 33.9 Å². The third kappa shape index (κ3) is 5.47. The second-order valence-electron chi connectivity index (χ2n) is 8.16. The molecule has 0 aliphatic carbocycles. The van der Waals surface area contributed by atoms with Crippen LogP contribution in [0, 0.1) is 0 Å². The summed E-state index contributed by atoms with van der Waals surface area (Å²) in [5, 5.41) is 10.9. The van der Waals surface area contributed by atoms with E-state index in [2.05, 4.69) is 9.17 Å². The summed E-state index contributed by atoms with van der Waals surface area (Å²) < 4.78 is 70.1. The molecule has 1 heterocycles. The lowest BCUT2D eigenvalue weighted by Crippen LogP contribution is -2.44. The summed E-state index contributed by atoms with van der Waals surface area (Å²) in [4.78, 5) is 3.92. The highest BCUT2D eigenvalue weighted by Gasteiger charge is 2.48. The molecule has 29 heavy (non-hydrogen) atoms. The highest BCUT2D eigenvalue weighted by molar-refractivity contribution is 7.87. The minimum Gasteiger partial charge on any atom is -0.392 e. The van der Waals surface area contributed by atoms with E-state index in [4.69, 9.17) is 4.43 Å². The Bertz CT molecular complexity index is 987. The summed E-state index contributed by atoms with van der Waals surface area (Å²) in [5.41, 5.74) is -4.85. The fourth-order valence-corrected chi connectivity index (χ4v) is 3.84. The van der Waals surface area contributed by atoms with Gasteiger partial charge in [0.15, 0.2) is 8.32 Å². The number of aliphatic hydroxyl groups is 1. The van der Waals surface area contributed by atoms with Gasteiger partial charge in [0.25, 0.3) is 0 Å². The zero-order valence-corrected chi connectivity index (χ0v) is 18.6. The lowest BCUT2D eigenvalue weighted by atomic mass is 10.1. The minimum absolute atomic E-state index is 0.0341. The van der Waals surface area contributed by atoms with Crippen molar-refractivity contribution in [1.82, 2.24) is 4.98 Å². The van der Waals surface area contributed by atoms with Gasteiger partial charge in [-0.1, -0.05) is 39.0 Å². The van der Waals surface area contributed by atoms with Crippen molar-refractivity contribution in [2.75, 3.05) is 0 Å². The molecule has 11 heteroatoms. The van der Waals surface area contributed by atoms with Crippen LogP contribution in [-0.2, 0) is 21.0 Å². The maximum atomic E-state index is 12.6. The normalized spacial score (nSPS) is 14.8. The van der Waals surface area contributed by atoms with Gasteiger partial charge in [0.1, 0.15) is 6.29 Å². The summed E-state index contributed by atoms with van der Waals surface area (Å²) in [7, 11) is -8.08.